The molecule has 0 unspecified atom stereocenters. The lowest BCUT2D eigenvalue weighted by molar-refractivity contribution is 0.0960. The number of nitrogens with zero attached hydrogens (tertiary/aromatic N) is 1. The van der Waals surface area contributed by atoms with Gasteiger partial charge in [-0.15, -0.1) is 0 Å². The molecule has 1 heterocycles. The molecule has 1 aromatic rings. The number of aromatic nitrogens is 1. The van der Waals surface area contributed by atoms with E-state index in [0.29, 0.717) is 0 Å². The average molecular weight is 153 g/mol. The number of Topliss-reactive ketones (excluding diaryl/α,β-unsaturated/α-hetero) is 2. The Morgan fingerprint density at radius 2 is 2.00 bits per heavy atom. The third kappa shape index (κ3) is 1.34. The third-order valence-corrected chi connectivity index (χ3v) is 1.22. The quantitative estimate of drug-likeness (QED) is 0.596. The van der Waals surface area contributed by atoms with E-state index in [0.717, 1.165) is 6.39 Å². The molecule has 0 aliphatic rings. The first-order valence-corrected chi connectivity index (χ1v) is 3.08. The van der Waals surface area contributed by atoms with Gasteiger partial charge in [-0.25, -0.2) is 4.98 Å². The molecule has 0 fully saturated rings. The maximum absolute atomic E-state index is 10.8. The molecule has 4 nitrogen and oxygen atoms in total. The van der Waals surface area contributed by atoms with Crippen molar-refractivity contribution in [3.05, 3.63) is 17.8 Å². The van der Waals surface area contributed by atoms with Crippen LogP contribution in [0.15, 0.2) is 10.8 Å². The summed E-state index contributed by atoms with van der Waals surface area (Å²) in [6.45, 7) is 2.66. The van der Waals surface area contributed by atoms with Gasteiger partial charge in [0.1, 0.15) is 0 Å². The fourth-order valence-electron chi connectivity index (χ4n) is 0.747. The van der Waals surface area contributed by atoms with E-state index < -0.39 is 0 Å². The standard InChI is InChI=1S/C7H7NO3/c1-4(9)6-7(5(2)10)11-3-8-6/h3H,1-2H3. The zero-order valence-electron chi connectivity index (χ0n) is 6.25. The van der Waals surface area contributed by atoms with Gasteiger partial charge in [-0.1, -0.05) is 0 Å². The van der Waals surface area contributed by atoms with Crippen LogP contribution in [0.2, 0.25) is 0 Å². The van der Waals surface area contributed by atoms with E-state index in [4.69, 9.17) is 4.42 Å². The van der Waals surface area contributed by atoms with Crippen LogP contribution in [0.4, 0.5) is 0 Å². The molecule has 0 N–H and O–H groups in total. The maximum Gasteiger partial charge on any atom is 0.200 e. The minimum atomic E-state index is -0.285. The molecular weight excluding hydrogens is 146 g/mol. The fourth-order valence-corrected chi connectivity index (χ4v) is 0.747. The number of hydrogen-bond donors (Lipinski definition) is 0. The predicted octanol–water partition coefficient (Wildman–Crippen LogP) is 1.08. The molecule has 0 aromatic carbocycles. The second kappa shape index (κ2) is 2.65. The van der Waals surface area contributed by atoms with Crippen molar-refractivity contribution in [3.8, 4) is 0 Å². The van der Waals surface area contributed by atoms with Gasteiger partial charge in [-0.3, -0.25) is 9.59 Å². The van der Waals surface area contributed by atoms with Crippen LogP contribution in [0.1, 0.15) is 34.9 Å². The molecule has 11 heavy (non-hydrogen) atoms. The maximum atomic E-state index is 10.8. The summed E-state index contributed by atoms with van der Waals surface area (Å²) >= 11 is 0. The average Bonchev–Trinajstić information content (AvgIpc) is 2.32. The second-order valence-corrected chi connectivity index (χ2v) is 2.14. The number of carbonyl (C=O) groups excluding carboxylic acids is 2. The Labute approximate surface area is 63.2 Å². The van der Waals surface area contributed by atoms with Gasteiger partial charge in [-0.2, -0.15) is 0 Å². The van der Waals surface area contributed by atoms with Gasteiger partial charge >= 0.3 is 0 Å². The van der Waals surface area contributed by atoms with Crippen molar-refractivity contribution in [2.75, 3.05) is 0 Å². The van der Waals surface area contributed by atoms with Crippen LogP contribution in [-0.4, -0.2) is 16.6 Å². The van der Waals surface area contributed by atoms with Crippen molar-refractivity contribution in [1.29, 1.82) is 0 Å². The molecule has 1 aromatic heterocycles. The second-order valence-electron chi connectivity index (χ2n) is 2.14. The van der Waals surface area contributed by atoms with Gasteiger partial charge in [0.25, 0.3) is 0 Å². The Hall–Kier alpha value is -1.45. The molecule has 0 saturated carbocycles. The normalized spacial score (nSPS) is 9.64. The Kier molecular flexibility index (Phi) is 1.85. The van der Waals surface area contributed by atoms with Crippen LogP contribution in [-0.2, 0) is 0 Å². The minimum absolute atomic E-state index is 0.0394. The number of oxazole rings is 1. The molecule has 0 aliphatic carbocycles. The Balaban J connectivity index is 3.16. The zero-order chi connectivity index (χ0) is 8.43. The summed E-state index contributed by atoms with van der Waals surface area (Å²) in [6, 6.07) is 0. The highest BCUT2D eigenvalue weighted by molar-refractivity contribution is 6.03. The Morgan fingerprint density at radius 1 is 1.36 bits per heavy atom. The predicted molar refractivity (Wildman–Crippen MR) is 36.5 cm³/mol. The largest absolute Gasteiger partial charge is 0.440 e. The van der Waals surface area contributed by atoms with E-state index in [9.17, 15) is 9.59 Å². The lowest BCUT2D eigenvalue weighted by atomic mass is 10.2. The molecule has 0 radical (unpaired) electrons. The van der Waals surface area contributed by atoms with Crippen molar-refractivity contribution in [1.82, 2.24) is 4.98 Å². The molecule has 0 amide bonds. The molecule has 0 aliphatic heterocycles. The topological polar surface area (TPSA) is 60.2 Å². The van der Waals surface area contributed by atoms with Gasteiger partial charge in [0.15, 0.2) is 23.7 Å². The number of ketones is 2. The lowest BCUT2D eigenvalue weighted by Crippen LogP contribution is -2.01. The summed E-state index contributed by atoms with van der Waals surface area (Å²) in [7, 11) is 0. The number of carbonyl (C=O) groups is 2. The third-order valence-electron chi connectivity index (χ3n) is 1.22. The SMILES string of the molecule is CC(=O)c1ncoc1C(C)=O. The molecule has 0 saturated heterocycles. The van der Waals surface area contributed by atoms with E-state index in [-0.39, 0.29) is 23.0 Å². The lowest BCUT2D eigenvalue weighted by Gasteiger charge is -1.88. The summed E-state index contributed by atoms with van der Waals surface area (Å²) in [5.74, 6) is -0.505. The van der Waals surface area contributed by atoms with Crippen LogP contribution >= 0.6 is 0 Å². The summed E-state index contributed by atoms with van der Waals surface area (Å²) in [6.07, 6.45) is 1.09. The highest BCUT2D eigenvalue weighted by Crippen LogP contribution is 2.07. The summed E-state index contributed by atoms with van der Waals surface area (Å²) in [4.78, 5) is 25.1. The van der Waals surface area contributed by atoms with Gasteiger partial charge in [0, 0.05) is 13.8 Å². The van der Waals surface area contributed by atoms with Crippen molar-refractivity contribution < 1.29 is 14.0 Å². The molecular formula is C7H7NO3. The molecule has 0 spiro atoms. The Bertz CT molecular complexity index is 272. The van der Waals surface area contributed by atoms with Crippen LogP contribution in [0.5, 0.6) is 0 Å². The van der Waals surface area contributed by atoms with Gasteiger partial charge in [-0.05, 0) is 0 Å². The fraction of sp³-hybridized carbons (Fsp3) is 0.286. The first-order valence-electron chi connectivity index (χ1n) is 3.08. The highest BCUT2D eigenvalue weighted by atomic mass is 16.3. The van der Waals surface area contributed by atoms with E-state index in [1.165, 1.54) is 13.8 Å². The molecule has 4 heteroatoms. The molecule has 58 valence electrons. The van der Waals surface area contributed by atoms with Crippen LogP contribution in [0.3, 0.4) is 0 Å². The van der Waals surface area contributed by atoms with Crippen LogP contribution in [0.25, 0.3) is 0 Å². The van der Waals surface area contributed by atoms with Crippen molar-refractivity contribution >= 4 is 11.6 Å². The smallest absolute Gasteiger partial charge is 0.200 e. The summed E-state index contributed by atoms with van der Waals surface area (Å²) in [5.41, 5.74) is 0.109. The van der Waals surface area contributed by atoms with Gasteiger partial charge in [0.2, 0.25) is 5.76 Å². The van der Waals surface area contributed by atoms with Crippen LogP contribution in [0, 0.1) is 0 Å². The van der Waals surface area contributed by atoms with Crippen molar-refractivity contribution in [2.45, 2.75) is 13.8 Å². The van der Waals surface area contributed by atoms with Crippen LogP contribution < -0.4 is 0 Å². The summed E-state index contributed by atoms with van der Waals surface area (Å²) in [5, 5.41) is 0. The van der Waals surface area contributed by atoms with Crippen molar-refractivity contribution in [2.24, 2.45) is 0 Å². The van der Waals surface area contributed by atoms with Gasteiger partial charge < -0.3 is 4.42 Å². The van der Waals surface area contributed by atoms with E-state index >= 15 is 0 Å². The van der Waals surface area contributed by atoms with E-state index in [1.807, 2.05) is 0 Å². The minimum Gasteiger partial charge on any atom is -0.440 e. The molecule has 1 rings (SSSR count). The number of hydrogen-bond acceptors (Lipinski definition) is 4. The monoisotopic (exact) mass is 153 g/mol. The zero-order valence-corrected chi connectivity index (χ0v) is 6.25. The molecule has 0 atom stereocenters. The Morgan fingerprint density at radius 3 is 2.36 bits per heavy atom. The number of rotatable bonds is 2. The van der Waals surface area contributed by atoms with Crippen molar-refractivity contribution in [3.63, 3.8) is 0 Å². The first kappa shape index (κ1) is 7.65. The first-order chi connectivity index (χ1) is 5.13. The highest BCUT2D eigenvalue weighted by Gasteiger charge is 2.15. The van der Waals surface area contributed by atoms with E-state index in [1.54, 1.807) is 0 Å². The summed E-state index contributed by atoms with van der Waals surface area (Å²) < 4.78 is 4.71. The van der Waals surface area contributed by atoms with Gasteiger partial charge in [0.05, 0.1) is 0 Å². The molecule has 0 bridgehead atoms. The van der Waals surface area contributed by atoms with E-state index in [2.05, 4.69) is 4.98 Å².